The van der Waals surface area contributed by atoms with Crippen LogP contribution in [0.2, 0.25) is 5.02 Å². The highest BCUT2D eigenvalue weighted by Crippen LogP contribution is 2.23. The van der Waals surface area contributed by atoms with E-state index in [-0.39, 0.29) is 5.91 Å². The van der Waals surface area contributed by atoms with Gasteiger partial charge in [-0.15, -0.1) is 0 Å². The van der Waals surface area contributed by atoms with E-state index in [4.69, 9.17) is 17.3 Å². The molecule has 0 atom stereocenters. The van der Waals surface area contributed by atoms with E-state index in [9.17, 15) is 4.79 Å². The maximum absolute atomic E-state index is 12.3. The SMILES string of the molecule is CC1CCN(C(=O)c2cc(N)ccc2Cl)CC1. The van der Waals surface area contributed by atoms with Gasteiger partial charge in [-0.25, -0.2) is 0 Å². The molecule has 1 amide bonds. The molecule has 1 aliphatic rings. The molecule has 0 radical (unpaired) electrons. The van der Waals surface area contributed by atoms with Gasteiger partial charge in [0.05, 0.1) is 10.6 Å². The summed E-state index contributed by atoms with van der Waals surface area (Å²) in [6.45, 7) is 3.84. The van der Waals surface area contributed by atoms with Crippen molar-refractivity contribution in [3.05, 3.63) is 28.8 Å². The second-order valence-electron chi connectivity index (χ2n) is 4.71. The molecule has 1 aliphatic heterocycles. The normalized spacial score (nSPS) is 17.2. The zero-order valence-electron chi connectivity index (χ0n) is 9.95. The van der Waals surface area contributed by atoms with Gasteiger partial charge in [-0.05, 0) is 37.0 Å². The van der Waals surface area contributed by atoms with E-state index in [0.29, 0.717) is 22.2 Å². The minimum atomic E-state index is -0.00537. The second kappa shape index (κ2) is 4.96. The molecule has 0 aromatic heterocycles. The van der Waals surface area contributed by atoms with E-state index in [1.54, 1.807) is 18.2 Å². The summed E-state index contributed by atoms with van der Waals surface area (Å²) in [6, 6.07) is 5.04. The Hall–Kier alpha value is -1.22. The van der Waals surface area contributed by atoms with E-state index < -0.39 is 0 Å². The number of nitrogens with two attached hydrogens (primary N) is 1. The van der Waals surface area contributed by atoms with E-state index in [2.05, 4.69) is 6.92 Å². The molecule has 0 saturated carbocycles. The number of nitrogens with zero attached hydrogens (tertiary/aromatic N) is 1. The van der Waals surface area contributed by atoms with Crippen molar-refractivity contribution in [2.45, 2.75) is 19.8 Å². The number of carbonyl (C=O) groups excluding carboxylic acids is 1. The highest BCUT2D eigenvalue weighted by Gasteiger charge is 2.22. The number of hydrogen-bond donors (Lipinski definition) is 1. The number of likely N-dealkylation sites (tertiary alicyclic amines) is 1. The van der Waals surface area contributed by atoms with Gasteiger partial charge < -0.3 is 10.6 Å². The van der Waals surface area contributed by atoms with Crippen LogP contribution in [0.1, 0.15) is 30.1 Å². The molecule has 1 heterocycles. The van der Waals surface area contributed by atoms with Gasteiger partial charge in [-0.1, -0.05) is 18.5 Å². The van der Waals surface area contributed by atoms with Crippen LogP contribution in [0.25, 0.3) is 0 Å². The molecule has 1 aromatic rings. The molecule has 17 heavy (non-hydrogen) atoms. The van der Waals surface area contributed by atoms with Gasteiger partial charge in [0.2, 0.25) is 0 Å². The maximum atomic E-state index is 12.3. The summed E-state index contributed by atoms with van der Waals surface area (Å²) in [7, 11) is 0. The van der Waals surface area contributed by atoms with E-state index >= 15 is 0 Å². The maximum Gasteiger partial charge on any atom is 0.255 e. The smallest absolute Gasteiger partial charge is 0.255 e. The molecule has 1 saturated heterocycles. The Morgan fingerprint density at radius 1 is 1.41 bits per heavy atom. The number of anilines is 1. The number of amides is 1. The van der Waals surface area contributed by atoms with E-state index in [1.165, 1.54) is 0 Å². The summed E-state index contributed by atoms with van der Waals surface area (Å²) in [4.78, 5) is 14.1. The lowest BCUT2D eigenvalue weighted by Crippen LogP contribution is -2.38. The van der Waals surface area contributed by atoms with Crippen LogP contribution in [0.4, 0.5) is 5.69 Å². The van der Waals surface area contributed by atoms with Gasteiger partial charge >= 0.3 is 0 Å². The molecule has 92 valence electrons. The van der Waals surface area contributed by atoms with E-state index in [0.717, 1.165) is 25.9 Å². The van der Waals surface area contributed by atoms with Crippen LogP contribution in [0.15, 0.2) is 18.2 Å². The highest BCUT2D eigenvalue weighted by molar-refractivity contribution is 6.34. The van der Waals surface area contributed by atoms with Crippen LogP contribution < -0.4 is 5.73 Å². The summed E-state index contributed by atoms with van der Waals surface area (Å²) in [5.74, 6) is 0.699. The molecule has 2 rings (SSSR count). The van der Waals surface area contributed by atoms with Crippen molar-refractivity contribution in [1.29, 1.82) is 0 Å². The first-order chi connectivity index (χ1) is 8.08. The molecule has 0 bridgehead atoms. The predicted molar refractivity (Wildman–Crippen MR) is 70.2 cm³/mol. The quantitative estimate of drug-likeness (QED) is 0.782. The topological polar surface area (TPSA) is 46.3 Å². The summed E-state index contributed by atoms with van der Waals surface area (Å²) < 4.78 is 0. The fourth-order valence-electron chi connectivity index (χ4n) is 2.09. The van der Waals surface area contributed by atoms with Crippen LogP contribution in [-0.4, -0.2) is 23.9 Å². The highest BCUT2D eigenvalue weighted by atomic mass is 35.5. The second-order valence-corrected chi connectivity index (χ2v) is 5.12. The van der Waals surface area contributed by atoms with Crippen molar-refractivity contribution < 1.29 is 4.79 Å². The molecule has 0 aliphatic carbocycles. The van der Waals surface area contributed by atoms with Gasteiger partial charge in [0, 0.05) is 18.8 Å². The van der Waals surface area contributed by atoms with Crippen LogP contribution in [0, 0.1) is 5.92 Å². The third-order valence-electron chi connectivity index (χ3n) is 3.29. The zero-order chi connectivity index (χ0) is 12.4. The monoisotopic (exact) mass is 252 g/mol. The zero-order valence-corrected chi connectivity index (χ0v) is 10.7. The predicted octanol–water partition coefficient (Wildman–Crippen LogP) is 2.79. The first-order valence-corrected chi connectivity index (χ1v) is 6.30. The average Bonchev–Trinajstić information content (AvgIpc) is 2.32. The Balaban J connectivity index is 2.16. The number of carbonyl (C=O) groups is 1. The first kappa shape index (κ1) is 12.2. The third kappa shape index (κ3) is 2.72. The molecule has 0 unspecified atom stereocenters. The standard InChI is InChI=1S/C13H17ClN2O/c1-9-4-6-16(7-5-9)13(17)11-8-10(15)2-3-12(11)14/h2-3,8-9H,4-7,15H2,1H3. The van der Waals surface area contributed by atoms with E-state index in [1.807, 2.05) is 4.90 Å². The minimum absolute atomic E-state index is 0.00537. The molecule has 4 heteroatoms. The van der Waals surface area contributed by atoms with Crippen molar-refractivity contribution in [3.8, 4) is 0 Å². The molecule has 0 spiro atoms. The number of piperidine rings is 1. The molecule has 2 N–H and O–H groups in total. The Bertz CT molecular complexity index is 425. The molecule has 3 nitrogen and oxygen atoms in total. The lowest BCUT2D eigenvalue weighted by molar-refractivity contribution is 0.0697. The van der Waals surface area contributed by atoms with Crippen molar-refractivity contribution in [2.75, 3.05) is 18.8 Å². The van der Waals surface area contributed by atoms with Crippen molar-refractivity contribution in [2.24, 2.45) is 5.92 Å². The molecular weight excluding hydrogens is 236 g/mol. The number of halogens is 1. The lowest BCUT2D eigenvalue weighted by Gasteiger charge is -2.30. The van der Waals surface area contributed by atoms with Gasteiger partial charge in [-0.2, -0.15) is 0 Å². The Labute approximate surface area is 107 Å². The van der Waals surface area contributed by atoms with Gasteiger partial charge in [0.25, 0.3) is 5.91 Å². The Morgan fingerprint density at radius 3 is 2.71 bits per heavy atom. The average molecular weight is 253 g/mol. The number of nitrogen functional groups attached to an aromatic ring is 1. The minimum Gasteiger partial charge on any atom is -0.399 e. The summed E-state index contributed by atoms with van der Waals surface area (Å²) in [5, 5.41) is 0.475. The fourth-order valence-corrected chi connectivity index (χ4v) is 2.29. The third-order valence-corrected chi connectivity index (χ3v) is 3.62. The molecule has 1 fully saturated rings. The van der Waals surface area contributed by atoms with Crippen molar-refractivity contribution in [1.82, 2.24) is 4.90 Å². The number of hydrogen-bond acceptors (Lipinski definition) is 2. The van der Waals surface area contributed by atoms with Crippen LogP contribution >= 0.6 is 11.6 Å². The van der Waals surface area contributed by atoms with Crippen LogP contribution in [0.3, 0.4) is 0 Å². The number of rotatable bonds is 1. The van der Waals surface area contributed by atoms with Crippen molar-refractivity contribution in [3.63, 3.8) is 0 Å². The van der Waals surface area contributed by atoms with Crippen LogP contribution in [-0.2, 0) is 0 Å². The largest absolute Gasteiger partial charge is 0.399 e. The Morgan fingerprint density at radius 2 is 2.06 bits per heavy atom. The summed E-state index contributed by atoms with van der Waals surface area (Å²) >= 11 is 6.04. The lowest BCUT2D eigenvalue weighted by atomic mass is 9.98. The molecular formula is C13H17ClN2O. The number of benzene rings is 1. The summed E-state index contributed by atoms with van der Waals surface area (Å²) in [6.07, 6.45) is 2.12. The Kier molecular flexibility index (Phi) is 3.57. The molecule has 1 aromatic carbocycles. The fraction of sp³-hybridized carbons (Fsp3) is 0.462. The summed E-state index contributed by atoms with van der Waals surface area (Å²) in [5.41, 5.74) is 6.77. The van der Waals surface area contributed by atoms with Gasteiger partial charge in [0.15, 0.2) is 0 Å². The van der Waals surface area contributed by atoms with Crippen LogP contribution in [0.5, 0.6) is 0 Å². The first-order valence-electron chi connectivity index (χ1n) is 5.92. The van der Waals surface area contributed by atoms with Gasteiger partial charge in [0.1, 0.15) is 0 Å². The van der Waals surface area contributed by atoms with Gasteiger partial charge in [-0.3, -0.25) is 4.79 Å². The van der Waals surface area contributed by atoms with Crippen molar-refractivity contribution >= 4 is 23.2 Å².